The van der Waals surface area contributed by atoms with Crippen molar-refractivity contribution in [3.05, 3.63) is 23.8 Å². The Morgan fingerprint density at radius 1 is 1.33 bits per heavy atom. The highest BCUT2D eigenvalue weighted by Crippen LogP contribution is 2.34. The topological polar surface area (TPSA) is 75.7 Å². The minimum absolute atomic E-state index is 0.0869. The number of anilines is 2. The molecule has 0 bridgehead atoms. The Morgan fingerprint density at radius 2 is 2.04 bits per heavy atom. The molecule has 0 aliphatic carbocycles. The van der Waals surface area contributed by atoms with Gasteiger partial charge in [0.05, 0.1) is 23.5 Å². The molecule has 1 atom stereocenters. The molecule has 2 rings (SSSR count). The standard InChI is InChI=1S/C18H24N2O4/c1-5-24-18(23)13-7-8-15-14(10-13)19-17(22)12(4)20(15)16(21)9-6-11(2)3/h7-8,10-12H,5-6,9H2,1-4H3,(H,19,22)/t12-/m0/s1. The number of ether oxygens (including phenoxy) is 1. The highest BCUT2D eigenvalue weighted by Gasteiger charge is 2.34. The van der Waals surface area contributed by atoms with Crippen molar-refractivity contribution in [1.82, 2.24) is 0 Å². The Morgan fingerprint density at radius 3 is 2.67 bits per heavy atom. The van der Waals surface area contributed by atoms with Gasteiger partial charge in [0.15, 0.2) is 0 Å². The van der Waals surface area contributed by atoms with Gasteiger partial charge >= 0.3 is 5.97 Å². The first-order valence-electron chi connectivity index (χ1n) is 8.29. The minimum Gasteiger partial charge on any atom is -0.462 e. The Balaban J connectivity index is 2.33. The molecule has 6 nitrogen and oxygen atoms in total. The molecule has 0 fully saturated rings. The van der Waals surface area contributed by atoms with E-state index in [-0.39, 0.29) is 18.4 Å². The van der Waals surface area contributed by atoms with Gasteiger partial charge in [-0.2, -0.15) is 0 Å². The highest BCUT2D eigenvalue weighted by atomic mass is 16.5. The van der Waals surface area contributed by atoms with Gasteiger partial charge in [0.25, 0.3) is 0 Å². The lowest BCUT2D eigenvalue weighted by atomic mass is 10.0. The number of carbonyl (C=O) groups excluding carboxylic acids is 3. The molecule has 0 saturated heterocycles. The quantitative estimate of drug-likeness (QED) is 0.841. The zero-order chi connectivity index (χ0) is 17.9. The van der Waals surface area contributed by atoms with E-state index in [1.54, 1.807) is 32.0 Å². The van der Waals surface area contributed by atoms with Crippen molar-refractivity contribution in [1.29, 1.82) is 0 Å². The number of esters is 1. The highest BCUT2D eigenvalue weighted by molar-refractivity contribution is 6.12. The van der Waals surface area contributed by atoms with Gasteiger partial charge in [-0.25, -0.2) is 4.79 Å². The molecular weight excluding hydrogens is 308 g/mol. The van der Waals surface area contributed by atoms with Crippen molar-refractivity contribution in [2.75, 3.05) is 16.8 Å². The van der Waals surface area contributed by atoms with Crippen LogP contribution in [0, 0.1) is 5.92 Å². The second-order valence-electron chi connectivity index (χ2n) is 6.31. The zero-order valence-corrected chi connectivity index (χ0v) is 14.6. The predicted molar refractivity (Wildman–Crippen MR) is 92.0 cm³/mol. The van der Waals surface area contributed by atoms with Crippen LogP contribution in [0.25, 0.3) is 0 Å². The van der Waals surface area contributed by atoms with Gasteiger partial charge in [-0.15, -0.1) is 0 Å². The van der Waals surface area contributed by atoms with E-state index in [1.807, 2.05) is 0 Å². The summed E-state index contributed by atoms with van der Waals surface area (Å²) >= 11 is 0. The molecule has 1 aliphatic rings. The monoisotopic (exact) mass is 332 g/mol. The van der Waals surface area contributed by atoms with Crippen LogP contribution in [0.4, 0.5) is 11.4 Å². The molecule has 6 heteroatoms. The lowest BCUT2D eigenvalue weighted by molar-refractivity contribution is -0.123. The van der Waals surface area contributed by atoms with E-state index in [0.29, 0.717) is 29.3 Å². The summed E-state index contributed by atoms with van der Waals surface area (Å²) in [6.45, 7) is 7.82. The molecule has 24 heavy (non-hydrogen) atoms. The van der Waals surface area contributed by atoms with Crippen LogP contribution < -0.4 is 10.2 Å². The number of hydrogen-bond donors (Lipinski definition) is 1. The number of benzene rings is 1. The summed E-state index contributed by atoms with van der Waals surface area (Å²) in [5.74, 6) is -0.392. The fourth-order valence-corrected chi connectivity index (χ4v) is 2.63. The normalized spacial score (nSPS) is 16.6. The number of rotatable bonds is 5. The molecule has 1 heterocycles. The van der Waals surface area contributed by atoms with E-state index in [1.165, 1.54) is 4.90 Å². The number of fused-ring (bicyclic) bond motifs is 1. The van der Waals surface area contributed by atoms with Crippen LogP contribution in [0.1, 0.15) is 50.9 Å². The minimum atomic E-state index is -0.578. The van der Waals surface area contributed by atoms with Crippen LogP contribution in [-0.4, -0.2) is 30.4 Å². The van der Waals surface area contributed by atoms with E-state index in [2.05, 4.69) is 19.2 Å². The maximum Gasteiger partial charge on any atom is 0.338 e. The van der Waals surface area contributed by atoms with E-state index in [9.17, 15) is 14.4 Å². The molecule has 2 amide bonds. The van der Waals surface area contributed by atoms with Gasteiger partial charge in [-0.1, -0.05) is 13.8 Å². The molecule has 0 aromatic heterocycles. The maximum atomic E-state index is 12.6. The number of carbonyl (C=O) groups is 3. The summed E-state index contributed by atoms with van der Waals surface area (Å²) in [5, 5.41) is 2.76. The second kappa shape index (κ2) is 7.47. The van der Waals surface area contributed by atoms with Crippen molar-refractivity contribution < 1.29 is 19.1 Å². The SMILES string of the molecule is CCOC(=O)c1ccc2c(c1)NC(=O)[C@H](C)N2C(=O)CCC(C)C. The lowest BCUT2D eigenvalue weighted by Crippen LogP contribution is -2.49. The van der Waals surface area contributed by atoms with Gasteiger partial charge in [0.2, 0.25) is 11.8 Å². The summed E-state index contributed by atoms with van der Waals surface area (Å²) in [6.07, 6.45) is 1.15. The molecule has 0 saturated carbocycles. The second-order valence-corrected chi connectivity index (χ2v) is 6.31. The van der Waals surface area contributed by atoms with Crippen molar-refractivity contribution in [2.45, 2.75) is 46.6 Å². The summed E-state index contributed by atoms with van der Waals surface area (Å²) in [4.78, 5) is 38.2. The number of nitrogens with zero attached hydrogens (tertiary/aromatic N) is 1. The molecule has 0 unspecified atom stereocenters. The Labute approximate surface area is 142 Å². The summed E-state index contributed by atoms with van der Waals surface area (Å²) < 4.78 is 4.97. The van der Waals surface area contributed by atoms with E-state index < -0.39 is 12.0 Å². The van der Waals surface area contributed by atoms with Crippen molar-refractivity contribution in [2.24, 2.45) is 5.92 Å². The van der Waals surface area contributed by atoms with Crippen molar-refractivity contribution in [3.8, 4) is 0 Å². The fraction of sp³-hybridized carbons (Fsp3) is 0.500. The van der Waals surface area contributed by atoms with Crippen LogP contribution in [-0.2, 0) is 14.3 Å². The van der Waals surface area contributed by atoms with Crippen molar-refractivity contribution >= 4 is 29.2 Å². The van der Waals surface area contributed by atoms with E-state index >= 15 is 0 Å². The molecule has 1 aromatic rings. The van der Waals surface area contributed by atoms with Gasteiger partial charge in [0.1, 0.15) is 6.04 Å². The predicted octanol–water partition coefficient (Wildman–Crippen LogP) is 2.97. The zero-order valence-electron chi connectivity index (χ0n) is 14.6. The van der Waals surface area contributed by atoms with Crippen LogP contribution in [0.5, 0.6) is 0 Å². The molecule has 1 aliphatic heterocycles. The molecular formula is C18H24N2O4. The smallest absolute Gasteiger partial charge is 0.338 e. The van der Waals surface area contributed by atoms with Crippen LogP contribution in [0.3, 0.4) is 0 Å². The molecule has 1 N–H and O–H groups in total. The Hall–Kier alpha value is -2.37. The summed E-state index contributed by atoms with van der Waals surface area (Å²) in [5.41, 5.74) is 1.42. The molecule has 130 valence electrons. The number of nitrogens with one attached hydrogen (secondary N) is 1. The third-order valence-corrected chi connectivity index (χ3v) is 4.00. The summed E-state index contributed by atoms with van der Waals surface area (Å²) in [7, 11) is 0. The third kappa shape index (κ3) is 3.75. The Kier molecular flexibility index (Phi) is 5.59. The average molecular weight is 332 g/mol. The van der Waals surface area contributed by atoms with E-state index in [4.69, 9.17) is 4.74 Å². The van der Waals surface area contributed by atoms with E-state index in [0.717, 1.165) is 6.42 Å². The molecule has 0 radical (unpaired) electrons. The maximum absolute atomic E-state index is 12.6. The van der Waals surface area contributed by atoms with Gasteiger partial charge in [0, 0.05) is 6.42 Å². The van der Waals surface area contributed by atoms with Gasteiger partial charge in [-0.05, 0) is 44.4 Å². The number of hydrogen-bond acceptors (Lipinski definition) is 4. The van der Waals surface area contributed by atoms with Crippen LogP contribution >= 0.6 is 0 Å². The van der Waals surface area contributed by atoms with Gasteiger partial charge in [-0.3, -0.25) is 14.5 Å². The van der Waals surface area contributed by atoms with Gasteiger partial charge < -0.3 is 10.1 Å². The first kappa shape index (κ1) is 18.0. The average Bonchev–Trinajstić information content (AvgIpc) is 2.53. The number of amides is 2. The first-order chi connectivity index (χ1) is 11.3. The fourth-order valence-electron chi connectivity index (χ4n) is 2.63. The Bertz CT molecular complexity index is 654. The third-order valence-electron chi connectivity index (χ3n) is 4.00. The van der Waals surface area contributed by atoms with Crippen molar-refractivity contribution in [3.63, 3.8) is 0 Å². The lowest BCUT2D eigenvalue weighted by Gasteiger charge is -2.35. The largest absolute Gasteiger partial charge is 0.462 e. The molecule has 0 spiro atoms. The van der Waals surface area contributed by atoms with Crippen LogP contribution in [0.2, 0.25) is 0 Å². The molecule has 1 aromatic carbocycles. The first-order valence-corrected chi connectivity index (χ1v) is 8.29. The summed E-state index contributed by atoms with van der Waals surface area (Å²) in [6, 6.07) is 4.28. The van der Waals surface area contributed by atoms with Crippen LogP contribution in [0.15, 0.2) is 18.2 Å².